The normalized spacial score (nSPS) is 20.2. The number of hydrogen-bond donors (Lipinski definition) is 0. The number of aromatic nitrogens is 3. The van der Waals surface area contributed by atoms with Crippen LogP contribution in [-0.2, 0) is 19.0 Å². The molecule has 1 aromatic heterocycles. The van der Waals surface area contributed by atoms with Gasteiger partial charge in [-0.15, -0.1) is 0 Å². The second-order valence-electron chi connectivity index (χ2n) is 7.12. The molecule has 2 heterocycles. The molecule has 134 valence electrons. The summed E-state index contributed by atoms with van der Waals surface area (Å²) in [6.45, 7) is 2.80. The van der Waals surface area contributed by atoms with Crippen LogP contribution in [0.1, 0.15) is 37.1 Å². The molecule has 0 spiro atoms. The molecule has 4 nitrogen and oxygen atoms in total. The lowest BCUT2D eigenvalue weighted by molar-refractivity contribution is -0.160. The maximum absolute atomic E-state index is 13.4. The lowest BCUT2D eigenvalue weighted by Gasteiger charge is -2.20. The van der Waals surface area contributed by atoms with E-state index >= 15 is 0 Å². The monoisotopic (exact) mass is 350 g/mol. The van der Waals surface area contributed by atoms with Gasteiger partial charge in [0.15, 0.2) is 11.6 Å². The summed E-state index contributed by atoms with van der Waals surface area (Å²) in [6, 6.07) is 6.69. The fraction of sp³-hybridized carbons (Fsp3) is 0.556. The zero-order chi connectivity index (χ0) is 17.7. The van der Waals surface area contributed by atoms with Crippen molar-refractivity contribution in [1.29, 1.82) is 0 Å². The van der Waals surface area contributed by atoms with Crippen LogP contribution in [0.3, 0.4) is 0 Å². The van der Waals surface area contributed by atoms with E-state index in [0.717, 1.165) is 18.9 Å². The van der Waals surface area contributed by atoms with E-state index in [-0.39, 0.29) is 12.8 Å². The SMILES string of the molecule is Cn1nc(CN2CCCC2)nc1-c1cccc(C2(C(F)(F)F)CC2)c1. The van der Waals surface area contributed by atoms with Gasteiger partial charge in [-0.3, -0.25) is 4.90 Å². The Labute approximate surface area is 144 Å². The fourth-order valence-electron chi connectivity index (χ4n) is 3.71. The molecule has 0 N–H and O–H groups in total. The van der Waals surface area contributed by atoms with Crippen LogP contribution in [0.5, 0.6) is 0 Å². The van der Waals surface area contributed by atoms with Crippen molar-refractivity contribution in [2.45, 2.75) is 43.8 Å². The van der Waals surface area contributed by atoms with Gasteiger partial charge in [0, 0.05) is 12.6 Å². The largest absolute Gasteiger partial charge is 0.398 e. The highest BCUT2D eigenvalue weighted by molar-refractivity contribution is 5.58. The molecule has 7 heteroatoms. The Morgan fingerprint density at radius 1 is 1.16 bits per heavy atom. The van der Waals surface area contributed by atoms with Crippen LogP contribution < -0.4 is 0 Å². The van der Waals surface area contributed by atoms with Crippen LogP contribution in [0.15, 0.2) is 24.3 Å². The van der Waals surface area contributed by atoms with E-state index in [4.69, 9.17) is 0 Å². The highest BCUT2D eigenvalue weighted by Crippen LogP contribution is 2.59. The molecule has 0 bridgehead atoms. The molecule has 1 aromatic carbocycles. The molecule has 0 radical (unpaired) electrons. The Bertz CT molecular complexity index is 771. The summed E-state index contributed by atoms with van der Waals surface area (Å²) >= 11 is 0. The van der Waals surface area contributed by atoms with Crippen molar-refractivity contribution in [2.75, 3.05) is 13.1 Å². The third-order valence-electron chi connectivity index (χ3n) is 5.34. The molecule has 2 aromatic rings. The maximum atomic E-state index is 13.4. The Kier molecular flexibility index (Phi) is 3.86. The molecule has 0 unspecified atom stereocenters. The summed E-state index contributed by atoms with van der Waals surface area (Å²) in [4.78, 5) is 6.88. The van der Waals surface area contributed by atoms with Crippen molar-refractivity contribution in [3.8, 4) is 11.4 Å². The lowest BCUT2D eigenvalue weighted by atomic mass is 9.93. The third-order valence-corrected chi connectivity index (χ3v) is 5.34. The van der Waals surface area contributed by atoms with Gasteiger partial charge in [0.2, 0.25) is 0 Å². The maximum Gasteiger partial charge on any atom is 0.398 e. The van der Waals surface area contributed by atoms with Gasteiger partial charge in [0.1, 0.15) is 0 Å². The molecule has 1 saturated heterocycles. The minimum Gasteiger partial charge on any atom is -0.296 e. The molecule has 0 atom stereocenters. The lowest BCUT2D eigenvalue weighted by Crippen LogP contribution is -2.28. The average molecular weight is 350 g/mol. The molecule has 1 aliphatic heterocycles. The minimum atomic E-state index is -4.20. The number of aryl methyl sites for hydroxylation is 1. The topological polar surface area (TPSA) is 34.0 Å². The second-order valence-corrected chi connectivity index (χ2v) is 7.12. The van der Waals surface area contributed by atoms with Gasteiger partial charge in [-0.2, -0.15) is 18.3 Å². The van der Waals surface area contributed by atoms with Crippen molar-refractivity contribution in [3.05, 3.63) is 35.7 Å². The van der Waals surface area contributed by atoms with Gasteiger partial charge in [0.05, 0.1) is 12.0 Å². The predicted molar refractivity (Wildman–Crippen MR) is 87.9 cm³/mol. The molecular formula is C18H21F3N4. The smallest absolute Gasteiger partial charge is 0.296 e. The number of halogens is 3. The first-order valence-corrected chi connectivity index (χ1v) is 8.69. The molecule has 2 fully saturated rings. The van der Waals surface area contributed by atoms with Gasteiger partial charge >= 0.3 is 6.18 Å². The Morgan fingerprint density at radius 2 is 1.88 bits per heavy atom. The van der Waals surface area contributed by atoms with Gasteiger partial charge in [-0.25, -0.2) is 9.67 Å². The van der Waals surface area contributed by atoms with Crippen molar-refractivity contribution in [1.82, 2.24) is 19.7 Å². The molecular weight excluding hydrogens is 329 g/mol. The third kappa shape index (κ3) is 2.94. The van der Waals surface area contributed by atoms with Crippen molar-refractivity contribution in [2.24, 2.45) is 7.05 Å². The van der Waals surface area contributed by atoms with Crippen molar-refractivity contribution < 1.29 is 13.2 Å². The number of nitrogens with zero attached hydrogens (tertiary/aromatic N) is 4. The van der Waals surface area contributed by atoms with Crippen LogP contribution >= 0.6 is 0 Å². The number of benzene rings is 1. The predicted octanol–water partition coefficient (Wildman–Crippen LogP) is 3.67. The van der Waals surface area contributed by atoms with Gasteiger partial charge in [-0.1, -0.05) is 18.2 Å². The Hall–Kier alpha value is -1.89. The van der Waals surface area contributed by atoms with E-state index < -0.39 is 11.6 Å². The molecule has 1 aliphatic carbocycles. The van der Waals surface area contributed by atoms with E-state index in [1.807, 2.05) is 0 Å². The number of likely N-dealkylation sites (tertiary alicyclic amines) is 1. The highest BCUT2D eigenvalue weighted by Gasteiger charge is 2.64. The first kappa shape index (κ1) is 16.6. The first-order chi connectivity index (χ1) is 11.9. The van der Waals surface area contributed by atoms with E-state index in [1.54, 1.807) is 36.0 Å². The second kappa shape index (κ2) is 5.83. The summed E-state index contributed by atoms with van der Waals surface area (Å²) in [5, 5.41) is 4.45. The quantitative estimate of drug-likeness (QED) is 0.844. The summed E-state index contributed by atoms with van der Waals surface area (Å²) in [5.41, 5.74) is -0.641. The molecule has 4 rings (SSSR count). The zero-order valence-electron chi connectivity index (χ0n) is 14.2. The van der Waals surface area contributed by atoms with Gasteiger partial charge in [-0.05, 0) is 50.4 Å². The summed E-state index contributed by atoms with van der Waals surface area (Å²) in [6.07, 6.45) is -1.48. The zero-order valence-corrected chi connectivity index (χ0v) is 14.2. The van der Waals surface area contributed by atoms with E-state index in [9.17, 15) is 13.2 Å². The molecule has 25 heavy (non-hydrogen) atoms. The Morgan fingerprint density at radius 3 is 2.52 bits per heavy atom. The fourth-order valence-corrected chi connectivity index (χ4v) is 3.71. The van der Waals surface area contributed by atoms with Gasteiger partial charge < -0.3 is 0 Å². The summed E-state index contributed by atoms with van der Waals surface area (Å²) < 4.78 is 41.8. The van der Waals surface area contributed by atoms with Gasteiger partial charge in [0.25, 0.3) is 0 Å². The van der Waals surface area contributed by atoms with Crippen LogP contribution in [0.25, 0.3) is 11.4 Å². The first-order valence-electron chi connectivity index (χ1n) is 8.69. The molecule has 1 saturated carbocycles. The van der Waals surface area contributed by atoms with Crippen LogP contribution in [0.2, 0.25) is 0 Å². The molecule has 0 amide bonds. The highest BCUT2D eigenvalue weighted by atomic mass is 19.4. The van der Waals surface area contributed by atoms with Crippen molar-refractivity contribution in [3.63, 3.8) is 0 Å². The summed E-state index contributed by atoms with van der Waals surface area (Å²) in [7, 11) is 1.79. The minimum absolute atomic E-state index is 0.166. The molecule has 2 aliphatic rings. The van der Waals surface area contributed by atoms with Crippen LogP contribution in [0.4, 0.5) is 13.2 Å². The van der Waals surface area contributed by atoms with E-state index in [1.165, 1.54) is 12.8 Å². The van der Waals surface area contributed by atoms with Crippen molar-refractivity contribution >= 4 is 0 Å². The standard InChI is InChI=1S/C18H21F3N4/c1-24-16(22-15(23-24)12-25-9-2-3-10-25)13-5-4-6-14(11-13)17(7-8-17)18(19,20)21/h4-6,11H,2-3,7-10,12H2,1H3. The Balaban J connectivity index is 1.62. The average Bonchev–Trinajstić information content (AvgIpc) is 3.11. The number of alkyl halides is 3. The number of rotatable bonds is 4. The van der Waals surface area contributed by atoms with Crippen LogP contribution in [-0.4, -0.2) is 38.9 Å². The van der Waals surface area contributed by atoms with Crippen LogP contribution in [0, 0.1) is 0 Å². The van der Waals surface area contributed by atoms with E-state index in [0.29, 0.717) is 23.5 Å². The van der Waals surface area contributed by atoms with E-state index in [2.05, 4.69) is 15.0 Å². The summed E-state index contributed by atoms with van der Waals surface area (Å²) in [5.74, 6) is 1.34. The number of hydrogen-bond acceptors (Lipinski definition) is 3.